The molecule has 2 saturated heterocycles. The van der Waals surface area contributed by atoms with E-state index >= 15 is 0 Å². The topological polar surface area (TPSA) is 49.8 Å². The van der Waals surface area contributed by atoms with Crippen molar-refractivity contribution >= 4 is 6.29 Å². The number of rotatable bonds is 4. The van der Waals surface area contributed by atoms with Crippen LogP contribution in [0.3, 0.4) is 0 Å². The van der Waals surface area contributed by atoms with E-state index in [9.17, 15) is 9.90 Å². The number of aldehydes is 1. The molecule has 0 spiro atoms. The van der Waals surface area contributed by atoms with E-state index in [0.29, 0.717) is 6.61 Å². The number of ether oxygens (including phenoxy) is 1. The molecule has 0 aromatic carbocycles. The Hall–Kier alpha value is -0.450. The van der Waals surface area contributed by atoms with Gasteiger partial charge in [0.25, 0.3) is 0 Å². The molecule has 0 radical (unpaired) electrons. The van der Waals surface area contributed by atoms with Crippen molar-refractivity contribution in [2.45, 2.75) is 31.7 Å². The normalized spacial score (nSPS) is 36.4. The SMILES string of the molecule is O=CC1(CN2CCCC2CO)CCCOC1. The molecule has 4 heteroatoms. The van der Waals surface area contributed by atoms with Crippen LogP contribution in [-0.2, 0) is 9.53 Å². The zero-order valence-electron chi connectivity index (χ0n) is 9.73. The van der Waals surface area contributed by atoms with Crippen molar-refractivity contribution in [2.75, 3.05) is 32.9 Å². The van der Waals surface area contributed by atoms with Gasteiger partial charge >= 0.3 is 0 Å². The first-order chi connectivity index (χ1) is 7.79. The van der Waals surface area contributed by atoms with Gasteiger partial charge in [-0.25, -0.2) is 0 Å². The summed E-state index contributed by atoms with van der Waals surface area (Å²) >= 11 is 0. The zero-order chi connectivity index (χ0) is 11.4. The smallest absolute Gasteiger partial charge is 0.129 e. The second-order valence-corrected chi connectivity index (χ2v) is 5.09. The minimum atomic E-state index is -0.323. The van der Waals surface area contributed by atoms with Crippen LogP contribution in [0.2, 0.25) is 0 Å². The number of aliphatic hydroxyl groups excluding tert-OH is 1. The summed E-state index contributed by atoms with van der Waals surface area (Å²) in [5.41, 5.74) is -0.323. The van der Waals surface area contributed by atoms with Crippen molar-refractivity contribution in [3.05, 3.63) is 0 Å². The number of aliphatic hydroxyl groups is 1. The maximum atomic E-state index is 11.3. The van der Waals surface area contributed by atoms with E-state index < -0.39 is 0 Å². The Morgan fingerprint density at radius 1 is 1.50 bits per heavy atom. The number of nitrogens with zero attached hydrogens (tertiary/aromatic N) is 1. The maximum absolute atomic E-state index is 11.3. The van der Waals surface area contributed by atoms with Crippen LogP contribution in [0.15, 0.2) is 0 Å². The van der Waals surface area contributed by atoms with E-state index in [2.05, 4.69) is 4.90 Å². The summed E-state index contributed by atoms with van der Waals surface area (Å²) < 4.78 is 5.44. The third kappa shape index (κ3) is 2.44. The predicted octanol–water partition coefficient (Wildman–Crippen LogP) is 0.439. The van der Waals surface area contributed by atoms with Gasteiger partial charge in [-0.15, -0.1) is 0 Å². The Labute approximate surface area is 96.6 Å². The summed E-state index contributed by atoms with van der Waals surface area (Å²) in [5, 5.41) is 9.26. The van der Waals surface area contributed by atoms with Crippen molar-refractivity contribution < 1.29 is 14.6 Å². The lowest BCUT2D eigenvalue weighted by molar-refractivity contribution is -0.126. The van der Waals surface area contributed by atoms with Crippen LogP contribution >= 0.6 is 0 Å². The van der Waals surface area contributed by atoms with Crippen molar-refractivity contribution in [3.8, 4) is 0 Å². The van der Waals surface area contributed by atoms with Crippen LogP contribution in [0.1, 0.15) is 25.7 Å². The molecule has 2 rings (SSSR count). The van der Waals surface area contributed by atoms with Gasteiger partial charge in [0.05, 0.1) is 18.6 Å². The summed E-state index contributed by atoms with van der Waals surface area (Å²) in [5.74, 6) is 0. The Balaban J connectivity index is 1.97. The molecule has 92 valence electrons. The lowest BCUT2D eigenvalue weighted by atomic mass is 9.83. The minimum Gasteiger partial charge on any atom is -0.395 e. The Morgan fingerprint density at radius 2 is 2.38 bits per heavy atom. The maximum Gasteiger partial charge on any atom is 0.129 e. The highest BCUT2D eigenvalue weighted by atomic mass is 16.5. The standard InChI is InChI=1S/C12H21NO3/c14-7-11-3-1-5-13(11)8-12(9-15)4-2-6-16-10-12/h9,11,14H,1-8,10H2. The molecule has 0 aliphatic carbocycles. The highest BCUT2D eigenvalue weighted by Gasteiger charge is 2.37. The van der Waals surface area contributed by atoms with Crippen LogP contribution in [0, 0.1) is 5.41 Å². The Bertz CT molecular complexity index is 238. The lowest BCUT2D eigenvalue weighted by Crippen LogP contribution is -2.46. The molecule has 2 atom stereocenters. The molecule has 2 fully saturated rings. The third-order valence-electron chi connectivity index (χ3n) is 3.83. The van der Waals surface area contributed by atoms with Gasteiger partial charge in [-0.1, -0.05) is 0 Å². The second-order valence-electron chi connectivity index (χ2n) is 5.09. The molecule has 2 heterocycles. The van der Waals surface area contributed by atoms with Crippen molar-refractivity contribution in [2.24, 2.45) is 5.41 Å². The summed E-state index contributed by atoms with van der Waals surface area (Å²) in [6, 6.07) is 0.249. The Morgan fingerprint density at radius 3 is 3.00 bits per heavy atom. The molecule has 16 heavy (non-hydrogen) atoms. The van der Waals surface area contributed by atoms with Crippen molar-refractivity contribution in [3.63, 3.8) is 0 Å². The molecular weight excluding hydrogens is 206 g/mol. The van der Waals surface area contributed by atoms with E-state index in [0.717, 1.165) is 51.7 Å². The number of likely N-dealkylation sites (tertiary alicyclic amines) is 1. The fourth-order valence-corrected chi connectivity index (χ4v) is 2.84. The van der Waals surface area contributed by atoms with E-state index in [1.54, 1.807) is 0 Å². The molecule has 2 unspecified atom stereocenters. The first kappa shape index (κ1) is 12.0. The van der Waals surface area contributed by atoms with E-state index in [1.165, 1.54) is 0 Å². The van der Waals surface area contributed by atoms with Gasteiger partial charge in [0.15, 0.2) is 0 Å². The zero-order valence-corrected chi connectivity index (χ0v) is 9.73. The Kier molecular flexibility index (Phi) is 3.95. The molecule has 0 aromatic rings. The molecule has 1 N–H and O–H groups in total. The van der Waals surface area contributed by atoms with Gasteiger partial charge < -0.3 is 14.6 Å². The molecule has 4 nitrogen and oxygen atoms in total. The third-order valence-corrected chi connectivity index (χ3v) is 3.83. The van der Waals surface area contributed by atoms with Crippen molar-refractivity contribution in [1.29, 1.82) is 0 Å². The van der Waals surface area contributed by atoms with Crippen LogP contribution in [0.25, 0.3) is 0 Å². The van der Waals surface area contributed by atoms with Gasteiger partial charge in [0.2, 0.25) is 0 Å². The van der Waals surface area contributed by atoms with Crippen molar-refractivity contribution in [1.82, 2.24) is 4.90 Å². The van der Waals surface area contributed by atoms with E-state index in [1.807, 2.05) is 0 Å². The van der Waals surface area contributed by atoms with E-state index in [4.69, 9.17) is 4.74 Å². The highest BCUT2D eigenvalue weighted by molar-refractivity contribution is 5.60. The van der Waals surface area contributed by atoms with Gasteiger partial charge in [0.1, 0.15) is 6.29 Å². The first-order valence-electron chi connectivity index (χ1n) is 6.19. The fourth-order valence-electron chi connectivity index (χ4n) is 2.84. The molecular formula is C12H21NO3. The van der Waals surface area contributed by atoms with Crippen LogP contribution in [-0.4, -0.2) is 55.2 Å². The molecule has 0 bridgehead atoms. The predicted molar refractivity (Wildman–Crippen MR) is 60.2 cm³/mol. The second kappa shape index (κ2) is 5.25. The molecule has 2 aliphatic heterocycles. The summed E-state index contributed by atoms with van der Waals surface area (Å²) in [6.07, 6.45) is 5.13. The lowest BCUT2D eigenvalue weighted by Gasteiger charge is -2.37. The van der Waals surface area contributed by atoms with Gasteiger partial charge in [-0.3, -0.25) is 4.90 Å². The fraction of sp³-hybridized carbons (Fsp3) is 0.917. The molecule has 0 saturated carbocycles. The monoisotopic (exact) mass is 227 g/mol. The quantitative estimate of drug-likeness (QED) is 0.708. The molecule has 0 aromatic heterocycles. The summed E-state index contributed by atoms with van der Waals surface area (Å²) in [6.45, 7) is 3.28. The van der Waals surface area contributed by atoms with Crippen LogP contribution in [0.5, 0.6) is 0 Å². The number of carbonyl (C=O) groups excluding carboxylic acids is 1. The summed E-state index contributed by atoms with van der Waals surface area (Å²) in [7, 11) is 0. The van der Waals surface area contributed by atoms with Crippen LogP contribution in [0.4, 0.5) is 0 Å². The minimum absolute atomic E-state index is 0.204. The van der Waals surface area contributed by atoms with Gasteiger partial charge in [-0.2, -0.15) is 0 Å². The number of hydrogen-bond acceptors (Lipinski definition) is 4. The van der Waals surface area contributed by atoms with E-state index in [-0.39, 0.29) is 18.1 Å². The first-order valence-corrected chi connectivity index (χ1v) is 6.19. The van der Waals surface area contributed by atoms with Crippen LogP contribution < -0.4 is 0 Å². The average Bonchev–Trinajstić information content (AvgIpc) is 2.77. The molecule has 2 aliphatic rings. The number of hydrogen-bond donors (Lipinski definition) is 1. The largest absolute Gasteiger partial charge is 0.395 e. The summed E-state index contributed by atoms with van der Waals surface area (Å²) in [4.78, 5) is 13.5. The van der Waals surface area contributed by atoms with Gasteiger partial charge in [0, 0.05) is 19.2 Å². The molecule has 0 amide bonds. The van der Waals surface area contributed by atoms with Gasteiger partial charge in [-0.05, 0) is 32.2 Å². The highest BCUT2D eigenvalue weighted by Crippen LogP contribution is 2.30. The average molecular weight is 227 g/mol. The number of carbonyl (C=O) groups is 1.